The number of amides is 1. The summed E-state index contributed by atoms with van der Waals surface area (Å²) in [5.41, 5.74) is 9.47. The van der Waals surface area contributed by atoms with E-state index in [1.54, 1.807) is 7.11 Å². The molecule has 3 N–H and O–H groups in total. The molecule has 5 heteroatoms. The first kappa shape index (κ1) is 25.9. The van der Waals surface area contributed by atoms with E-state index in [-0.39, 0.29) is 23.8 Å². The molecule has 1 aliphatic carbocycles. The molecule has 190 valence electrons. The zero-order valence-corrected chi connectivity index (χ0v) is 21.4. The highest BCUT2D eigenvalue weighted by Gasteiger charge is 2.43. The Bertz CT molecular complexity index is 993. The van der Waals surface area contributed by atoms with E-state index < -0.39 is 5.60 Å². The van der Waals surface area contributed by atoms with E-state index in [1.807, 2.05) is 17.0 Å². The van der Waals surface area contributed by atoms with Crippen molar-refractivity contribution < 1.29 is 14.6 Å². The predicted octanol–water partition coefficient (Wildman–Crippen LogP) is 5.03. The van der Waals surface area contributed by atoms with Crippen molar-refractivity contribution in [3.05, 3.63) is 59.7 Å². The van der Waals surface area contributed by atoms with Gasteiger partial charge in [-0.25, -0.2) is 0 Å². The highest BCUT2D eigenvalue weighted by Crippen LogP contribution is 2.44. The van der Waals surface area contributed by atoms with Crippen LogP contribution >= 0.6 is 0 Å². The Balaban J connectivity index is 1.65. The standard InChI is InChI=1S/C30H42N2O3/c1-22-9-7-10-23(19-22)27-12-3-4-13-28(27)30(34,16-5-6-18-35-2)25-11-8-17-32(21-25)29(33)24-14-15-26(31)20-24/h3-4,7,9-10,12-13,19,24-26,34H,5-6,8,11,14-18,20-21,31H2,1-2H3. The number of aryl methyl sites for hydroxylation is 1. The molecule has 2 aromatic rings. The highest BCUT2D eigenvalue weighted by atomic mass is 16.5. The minimum absolute atomic E-state index is 0.0104. The van der Waals surface area contributed by atoms with Crippen LogP contribution in [0.2, 0.25) is 0 Å². The molecular formula is C30H42N2O3. The van der Waals surface area contributed by atoms with Crippen LogP contribution in [0.3, 0.4) is 0 Å². The monoisotopic (exact) mass is 478 g/mol. The minimum atomic E-state index is -1.01. The van der Waals surface area contributed by atoms with Crippen molar-refractivity contribution in [2.24, 2.45) is 17.6 Å². The van der Waals surface area contributed by atoms with Gasteiger partial charge in [0.05, 0.1) is 5.60 Å². The van der Waals surface area contributed by atoms with E-state index in [0.29, 0.717) is 19.6 Å². The summed E-state index contributed by atoms with van der Waals surface area (Å²) in [5, 5.41) is 12.5. The van der Waals surface area contributed by atoms with Gasteiger partial charge in [-0.1, -0.05) is 54.1 Å². The van der Waals surface area contributed by atoms with Gasteiger partial charge in [-0.15, -0.1) is 0 Å². The lowest BCUT2D eigenvalue weighted by molar-refractivity contribution is -0.140. The first-order valence-electron chi connectivity index (χ1n) is 13.3. The molecule has 0 radical (unpaired) electrons. The number of likely N-dealkylation sites (tertiary alicyclic amines) is 1. The van der Waals surface area contributed by atoms with Crippen LogP contribution in [-0.2, 0) is 15.1 Å². The van der Waals surface area contributed by atoms with E-state index in [1.165, 1.54) is 5.56 Å². The maximum absolute atomic E-state index is 13.4. The molecule has 1 saturated heterocycles. The van der Waals surface area contributed by atoms with Gasteiger partial charge in [0, 0.05) is 44.7 Å². The van der Waals surface area contributed by atoms with Gasteiger partial charge in [0.2, 0.25) is 5.91 Å². The summed E-state index contributed by atoms with van der Waals surface area (Å²) in [6, 6.07) is 16.9. The SMILES string of the molecule is COCCCCC(O)(c1ccccc1-c1cccc(C)c1)C1CCCN(C(=O)C2CCC(N)C2)C1. The van der Waals surface area contributed by atoms with Crippen molar-refractivity contribution in [2.75, 3.05) is 26.8 Å². The molecule has 1 heterocycles. The first-order chi connectivity index (χ1) is 16.9. The van der Waals surface area contributed by atoms with Crippen molar-refractivity contribution in [3.63, 3.8) is 0 Å². The number of rotatable bonds is 9. The van der Waals surface area contributed by atoms with Crippen molar-refractivity contribution in [2.45, 2.75) is 69.9 Å². The lowest BCUT2D eigenvalue weighted by atomic mass is 9.72. The van der Waals surface area contributed by atoms with E-state index in [9.17, 15) is 9.90 Å². The lowest BCUT2D eigenvalue weighted by Crippen LogP contribution is -2.49. The maximum atomic E-state index is 13.4. The number of hydrogen-bond acceptors (Lipinski definition) is 4. The predicted molar refractivity (Wildman–Crippen MR) is 141 cm³/mol. The van der Waals surface area contributed by atoms with Crippen LogP contribution in [0.1, 0.15) is 62.5 Å². The number of ether oxygens (including phenoxy) is 1. The zero-order valence-electron chi connectivity index (χ0n) is 21.4. The summed E-state index contributed by atoms with van der Waals surface area (Å²) in [5.74, 6) is 0.262. The molecule has 4 unspecified atom stereocenters. The fraction of sp³-hybridized carbons (Fsp3) is 0.567. The Kier molecular flexibility index (Phi) is 8.64. The summed E-state index contributed by atoms with van der Waals surface area (Å²) in [7, 11) is 1.72. The van der Waals surface area contributed by atoms with Gasteiger partial charge in [0.15, 0.2) is 0 Å². The molecular weight excluding hydrogens is 436 g/mol. The number of carbonyl (C=O) groups excluding carboxylic acids is 1. The Morgan fingerprint density at radius 3 is 2.71 bits per heavy atom. The second-order valence-electron chi connectivity index (χ2n) is 10.7. The van der Waals surface area contributed by atoms with Gasteiger partial charge >= 0.3 is 0 Å². The molecule has 2 aromatic carbocycles. The van der Waals surface area contributed by atoms with Crippen LogP contribution in [0.5, 0.6) is 0 Å². The molecule has 35 heavy (non-hydrogen) atoms. The third-order valence-electron chi connectivity index (χ3n) is 8.11. The number of nitrogens with two attached hydrogens (primary N) is 1. The number of methoxy groups -OCH3 is 1. The summed E-state index contributed by atoms with van der Waals surface area (Å²) in [6.07, 6.45) is 6.87. The van der Waals surface area contributed by atoms with Crippen LogP contribution in [0.15, 0.2) is 48.5 Å². The average Bonchev–Trinajstić information content (AvgIpc) is 3.32. The van der Waals surface area contributed by atoms with Gasteiger partial charge in [-0.2, -0.15) is 0 Å². The third-order valence-corrected chi connectivity index (χ3v) is 8.11. The van der Waals surface area contributed by atoms with Crippen molar-refractivity contribution >= 4 is 5.91 Å². The second kappa shape index (κ2) is 11.7. The molecule has 0 aromatic heterocycles. The van der Waals surface area contributed by atoms with E-state index in [0.717, 1.165) is 68.2 Å². The van der Waals surface area contributed by atoms with Gasteiger partial charge < -0.3 is 20.5 Å². The van der Waals surface area contributed by atoms with Gasteiger partial charge in [-0.3, -0.25) is 4.79 Å². The molecule has 4 atom stereocenters. The van der Waals surface area contributed by atoms with Crippen LogP contribution in [0.25, 0.3) is 11.1 Å². The van der Waals surface area contributed by atoms with Crippen LogP contribution in [-0.4, -0.2) is 48.8 Å². The van der Waals surface area contributed by atoms with E-state index in [4.69, 9.17) is 10.5 Å². The van der Waals surface area contributed by atoms with E-state index >= 15 is 0 Å². The number of unbranched alkanes of at least 4 members (excludes halogenated alkanes) is 1. The summed E-state index contributed by atoms with van der Waals surface area (Å²) >= 11 is 0. The number of piperidine rings is 1. The van der Waals surface area contributed by atoms with Gasteiger partial charge in [-0.05, 0) is 75.0 Å². The smallest absolute Gasteiger partial charge is 0.225 e. The highest BCUT2D eigenvalue weighted by molar-refractivity contribution is 5.79. The van der Waals surface area contributed by atoms with Crippen LogP contribution in [0, 0.1) is 18.8 Å². The normalized spacial score (nSPS) is 24.3. The Morgan fingerprint density at radius 2 is 1.97 bits per heavy atom. The van der Waals surface area contributed by atoms with Gasteiger partial charge in [0.25, 0.3) is 0 Å². The van der Waals surface area contributed by atoms with Crippen molar-refractivity contribution in [3.8, 4) is 11.1 Å². The van der Waals surface area contributed by atoms with Crippen LogP contribution in [0.4, 0.5) is 0 Å². The van der Waals surface area contributed by atoms with Gasteiger partial charge in [0.1, 0.15) is 0 Å². The molecule has 0 spiro atoms. The summed E-state index contributed by atoms with van der Waals surface area (Å²) in [6.45, 7) is 4.17. The van der Waals surface area contributed by atoms with E-state index in [2.05, 4.69) is 43.3 Å². The molecule has 0 bridgehead atoms. The third kappa shape index (κ3) is 5.96. The van der Waals surface area contributed by atoms with Crippen molar-refractivity contribution in [1.82, 2.24) is 4.90 Å². The summed E-state index contributed by atoms with van der Waals surface area (Å²) in [4.78, 5) is 15.4. The summed E-state index contributed by atoms with van der Waals surface area (Å²) < 4.78 is 5.28. The maximum Gasteiger partial charge on any atom is 0.225 e. The molecule has 2 aliphatic rings. The fourth-order valence-corrected chi connectivity index (χ4v) is 6.19. The van der Waals surface area contributed by atoms with Crippen molar-refractivity contribution in [1.29, 1.82) is 0 Å². The number of aliphatic hydroxyl groups is 1. The quantitative estimate of drug-likeness (QED) is 0.496. The largest absolute Gasteiger partial charge is 0.385 e. The lowest BCUT2D eigenvalue weighted by Gasteiger charge is -2.44. The van der Waals surface area contributed by atoms with Crippen LogP contribution < -0.4 is 5.73 Å². The number of hydrogen-bond donors (Lipinski definition) is 2. The molecule has 4 rings (SSSR count). The molecule has 1 amide bonds. The topological polar surface area (TPSA) is 75.8 Å². The first-order valence-corrected chi connectivity index (χ1v) is 13.3. The molecule has 1 aliphatic heterocycles. The fourth-order valence-electron chi connectivity index (χ4n) is 6.19. The number of nitrogens with zero attached hydrogens (tertiary/aromatic N) is 1. The zero-order chi connectivity index (χ0) is 24.8. The Hall–Kier alpha value is -2.21. The second-order valence-corrected chi connectivity index (χ2v) is 10.7. The number of carbonyl (C=O) groups is 1. The molecule has 1 saturated carbocycles. The molecule has 2 fully saturated rings. The Morgan fingerprint density at radius 1 is 1.14 bits per heavy atom. The number of benzene rings is 2. The average molecular weight is 479 g/mol. The Labute approximate surface area is 210 Å². The minimum Gasteiger partial charge on any atom is -0.385 e. The molecule has 5 nitrogen and oxygen atoms in total.